The van der Waals surface area contributed by atoms with Crippen molar-refractivity contribution in [2.45, 2.75) is 271 Å². The summed E-state index contributed by atoms with van der Waals surface area (Å²) in [5.74, 6) is 6.10. The molecule has 0 aliphatic carbocycles. The summed E-state index contributed by atoms with van der Waals surface area (Å²) < 4.78 is 0. The first-order valence-electron chi connectivity index (χ1n) is 52.1. The molecule has 9 heteroatoms. The van der Waals surface area contributed by atoms with Gasteiger partial charge in [-0.2, -0.15) is 0 Å². The molecule has 0 bridgehead atoms. The molecule has 0 aliphatic heterocycles. The number of hydrogen-bond acceptors (Lipinski definition) is 9. The van der Waals surface area contributed by atoms with Gasteiger partial charge in [-0.25, -0.2) is 44.9 Å². The van der Waals surface area contributed by atoms with Crippen molar-refractivity contribution < 1.29 is 0 Å². The molecule has 17 rings (SSSR count). The van der Waals surface area contributed by atoms with Gasteiger partial charge >= 0.3 is 0 Å². The molecule has 0 amide bonds. The summed E-state index contributed by atoms with van der Waals surface area (Å²) in [5.41, 5.74) is 40.8. The van der Waals surface area contributed by atoms with E-state index in [-0.39, 0.29) is 21.7 Å². The van der Waals surface area contributed by atoms with Crippen LogP contribution in [0.2, 0.25) is 0 Å². The summed E-state index contributed by atoms with van der Waals surface area (Å²) in [7, 11) is 0. The molecule has 0 unspecified atom stereocenters. The number of unbranched alkanes of at least 4 members (excludes halogenated alkanes) is 10. The molecule has 0 fully saturated rings. The lowest BCUT2D eigenvalue weighted by atomic mass is 9.86. The standard InChI is InChI=1S/C52H61N3.C50H49N3.C32H37N3/c1-6-8-10-12-14-16-18-41-20-24-43(25-21-41)45-28-32-47(33-29-45)50-53-51(55-52(54-50)49-36-38(3)40(5)39(4)37-49)48-34-30-46(31-35-48)44-26-22-42(23-27-44)19-17-15-13-11-9-7-2;1-32-30-43(31-33(2)34(32)3)39-14-20-42(21-15-39)48-52-46(40-16-10-35(11-17-40)37-22-26-44(27-23-37)49(4,5)6)51-47(53-48)41-18-12-36(13-19-41)38-24-28-45(29-25-38)50(7,8)9;1-20-18-25(19-21(2)22(20)3)30-34-28(23-10-14-26(15-11-23)31(4,5)6)33-29(35-30)24-12-16-27(17-13-24)32(7,8)9/h20-37H,6-19H2,1-5H3;10-31H,1-9H3;10-19H,1-9H3. The van der Waals surface area contributed by atoms with Crippen molar-refractivity contribution in [2.75, 3.05) is 0 Å². The third kappa shape index (κ3) is 26.7. The van der Waals surface area contributed by atoms with E-state index in [0.29, 0.717) is 52.4 Å². The maximum Gasteiger partial charge on any atom is 0.164 e. The lowest BCUT2D eigenvalue weighted by molar-refractivity contribution is 0.590. The van der Waals surface area contributed by atoms with Crippen LogP contribution in [0, 0.1) is 62.3 Å². The van der Waals surface area contributed by atoms with Crippen LogP contribution in [0.4, 0.5) is 0 Å². The number of rotatable bonds is 28. The normalized spacial score (nSPS) is 11.7. The van der Waals surface area contributed by atoms with Crippen molar-refractivity contribution >= 4 is 0 Å². The molecule has 14 aromatic carbocycles. The predicted octanol–water partition coefficient (Wildman–Crippen LogP) is 36.7. The van der Waals surface area contributed by atoms with Crippen LogP contribution < -0.4 is 0 Å². The third-order valence-corrected chi connectivity index (χ3v) is 28.7. The van der Waals surface area contributed by atoms with Crippen LogP contribution in [0.1, 0.15) is 257 Å². The molecule has 0 N–H and O–H groups in total. The van der Waals surface area contributed by atoms with Crippen LogP contribution in [0.5, 0.6) is 0 Å². The Morgan fingerprint density at radius 1 is 0.154 bits per heavy atom. The van der Waals surface area contributed by atoms with Crippen molar-refractivity contribution in [3.8, 4) is 158 Å². The average Bonchev–Trinajstić information content (AvgIpc) is 0.856. The topological polar surface area (TPSA) is 116 Å². The number of aryl methyl sites for hydroxylation is 8. The fourth-order valence-corrected chi connectivity index (χ4v) is 18.4. The van der Waals surface area contributed by atoms with Crippen LogP contribution in [0.25, 0.3) is 158 Å². The maximum atomic E-state index is 5.07. The van der Waals surface area contributed by atoms with E-state index < -0.39 is 0 Å². The molecule has 0 atom stereocenters. The Morgan fingerprint density at radius 2 is 0.294 bits per heavy atom. The fourth-order valence-electron chi connectivity index (χ4n) is 18.4. The van der Waals surface area contributed by atoms with Gasteiger partial charge in [-0.05, 0) is 273 Å². The molecule has 0 aliphatic rings. The van der Waals surface area contributed by atoms with Crippen molar-refractivity contribution in [2.24, 2.45) is 0 Å². The van der Waals surface area contributed by atoms with Gasteiger partial charge in [0.15, 0.2) is 52.4 Å². The minimum Gasteiger partial charge on any atom is -0.208 e. The second-order valence-corrected chi connectivity index (χ2v) is 43.7. The zero-order valence-corrected chi connectivity index (χ0v) is 89.3. The zero-order chi connectivity index (χ0) is 101. The number of aromatic nitrogens is 9. The molecule has 9 nitrogen and oxygen atoms in total. The zero-order valence-electron chi connectivity index (χ0n) is 89.3. The minimum absolute atomic E-state index is 0.0969. The van der Waals surface area contributed by atoms with Crippen LogP contribution in [-0.4, -0.2) is 44.9 Å². The summed E-state index contributed by atoms with van der Waals surface area (Å²) in [6, 6.07) is 109. The summed E-state index contributed by atoms with van der Waals surface area (Å²) in [4.78, 5) is 45.2. The fraction of sp³-hybridized carbons (Fsp3) is 0.306. The second kappa shape index (κ2) is 46.0. The minimum atomic E-state index is 0.0969. The van der Waals surface area contributed by atoms with E-state index in [1.807, 2.05) is 0 Å². The first-order chi connectivity index (χ1) is 68.5. The molecule has 3 heterocycles. The molecule has 0 saturated heterocycles. The van der Waals surface area contributed by atoms with Crippen LogP contribution in [-0.2, 0) is 34.5 Å². The van der Waals surface area contributed by atoms with Crippen molar-refractivity contribution in [1.82, 2.24) is 44.9 Å². The molecule has 0 spiro atoms. The number of benzene rings is 14. The van der Waals surface area contributed by atoms with Gasteiger partial charge in [-0.3, -0.25) is 0 Å². The van der Waals surface area contributed by atoms with Crippen molar-refractivity contribution in [3.63, 3.8) is 0 Å². The highest BCUT2D eigenvalue weighted by molar-refractivity contribution is 5.78. The maximum absolute atomic E-state index is 5.07. The summed E-state index contributed by atoms with van der Waals surface area (Å²) in [5, 5.41) is 0. The summed E-state index contributed by atoms with van der Waals surface area (Å²) >= 11 is 0. The molecule has 3 aromatic heterocycles. The van der Waals surface area contributed by atoms with E-state index in [1.165, 1.54) is 205 Å². The van der Waals surface area contributed by atoms with E-state index in [1.54, 1.807) is 0 Å². The molecule has 0 radical (unpaired) electrons. The molecule has 17 aromatic rings. The van der Waals surface area contributed by atoms with Crippen LogP contribution in [0.15, 0.2) is 303 Å². The summed E-state index contributed by atoms with van der Waals surface area (Å²) in [6.07, 6.45) is 18.3. The van der Waals surface area contributed by atoms with Gasteiger partial charge in [-0.1, -0.05) is 440 Å². The highest BCUT2D eigenvalue weighted by atomic mass is 15.1. The van der Waals surface area contributed by atoms with Gasteiger partial charge in [0.05, 0.1) is 0 Å². The lowest BCUT2D eigenvalue weighted by Crippen LogP contribution is -2.11. The van der Waals surface area contributed by atoms with E-state index in [2.05, 4.69) is 463 Å². The van der Waals surface area contributed by atoms with E-state index in [4.69, 9.17) is 44.9 Å². The van der Waals surface area contributed by atoms with E-state index >= 15 is 0 Å². The lowest BCUT2D eigenvalue weighted by Gasteiger charge is -2.19. The van der Waals surface area contributed by atoms with Gasteiger partial charge in [-0.15, -0.1) is 0 Å². The Hall–Kier alpha value is -13.9. The Balaban J connectivity index is 0.000000166. The highest BCUT2D eigenvalue weighted by Gasteiger charge is 2.24. The number of hydrogen-bond donors (Lipinski definition) is 0. The van der Waals surface area contributed by atoms with Gasteiger partial charge in [0.2, 0.25) is 0 Å². The SMILES string of the molecule is CCCCCCCCc1ccc(-c2ccc(-c3nc(-c4ccc(-c5ccc(CCCCCCCC)cc5)cc4)nc(-c4cc(C)c(C)c(C)c4)n3)cc2)cc1.Cc1cc(-c2ccc(-c3nc(-c4ccc(-c5ccc(C(C)(C)C)cc5)cc4)nc(-c4ccc(-c5ccc(C(C)(C)C)cc5)cc4)n3)cc2)cc(C)c1C.Cc1cc(-c2nc(-c3ccc(C(C)(C)C)cc3)nc(-c3ccc(C(C)(C)C)cc3)n2)cc(C)c1C. The Morgan fingerprint density at radius 3 is 0.483 bits per heavy atom. The van der Waals surface area contributed by atoms with Gasteiger partial charge in [0.25, 0.3) is 0 Å². The van der Waals surface area contributed by atoms with Crippen molar-refractivity contribution in [1.29, 1.82) is 0 Å². The van der Waals surface area contributed by atoms with Crippen molar-refractivity contribution in [3.05, 3.63) is 387 Å². The average molecular weight is 1880 g/mol. The Kier molecular flexibility index (Phi) is 33.3. The molecule has 0 saturated carbocycles. The van der Waals surface area contributed by atoms with Gasteiger partial charge in [0.1, 0.15) is 0 Å². The molecule has 728 valence electrons. The third-order valence-electron chi connectivity index (χ3n) is 28.7. The number of nitrogens with zero attached hydrogens (tertiary/aromatic N) is 9. The van der Waals surface area contributed by atoms with Gasteiger partial charge < -0.3 is 0 Å². The Bertz CT molecular complexity index is 6770. The van der Waals surface area contributed by atoms with E-state index in [0.717, 1.165) is 74.0 Å². The molecular formula is C134H147N9. The smallest absolute Gasteiger partial charge is 0.164 e. The largest absolute Gasteiger partial charge is 0.208 e. The van der Waals surface area contributed by atoms with Crippen LogP contribution in [0.3, 0.4) is 0 Å². The highest BCUT2D eigenvalue weighted by Crippen LogP contribution is 2.39. The Labute approximate surface area is 854 Å². The van der Waals surface area contributed by atoms with Gasteiger partial charge in [0, 0.05) is 50.1 Å². The second-order valence-electron chi connectivity index (χ2n) is 43.7. The van der Waals surface area contributed by atoms with E-state index in [9.17, 15) is 0 Å². The monoisotopic (exact) mass is 1880 g/mol. The van der Waals surface area contributed by atoms with Crippen LogP contribution >= 0.6 is 0 Å². The predicted molar refractivity (Wildman–Crippen MR) is 607 cm³/mol. The summed E-state index contributed by atoms with van der Waals surface area (Å²) in [6.45, 7) is 50.9. The molecular weight excluding hydrogens is 1740 g/mol. The first-order valence-corrected chi connectivity index (χ1v) is 52.1. The first kappa shape index (κ1) is 103. The molecule has 143 heavy (non-hydrogen) atoms. The quantitative estimate of drug-likeness (QED) is 0.0442.